The fourth-order valence-corrected chi connectivity index (χ4v) is 3.18. The first kappa shape index (κ1) is 16.3. The molecule has 0 atom stereocenters. The predicted octanol–water partition coefficient (Wildman–Crippen LogP) is 3.29. The number of benzene rings is 1. The van der Waals surface area contributed by atoms with Crippen LogP contribution in [0.3, 0.4) is 0 Å². The molecule has 0 spiro atoms. The summed E-state index contributed by atoms with van der Waals surface area (Å²) in [5, 5.41) is 3.30. The zero-order valence-electron chi connectivity index (χ0n) is 14.4. The molecule has 5 nitrogen and oxygen atoms in total. The van der Waals surface area contributed by atoms with E-state index in [0.717, 1.165) is 24.3 Å². The van der Waals surface area contributed by atoms with Crippen LogP contribution in [0.15, 0.2) is 67.0 Å². The molecule has 1 aromatic carbocycles. The molecule has 26 heavy (non-hydrogen) atoms. The van der Waals surface area contributed by atoms with Crippen LogP contribution in [0.2, 0.25) is 0 Å². The molecule has 1 amide bonds. The average molecular weight is 344 g/mol. The van der Waals surface area contributed by atoms with Crippen LogP contribution in [0.25, 0.3) is 0 Å². The number of nitrogens with zero attached hydrogens (tertiary/aromatic N) is 3. The zero-order valence-corrected chi connectivity index (χ0v) is 14.4. The lowest BCUT2D eigenvalue weighted by Crippen LogP contribution is -2.36. The van der Waals surface area contributed by atoms with E-state index < -0.39 is 0 Å². The Morgan fingerprint density at radius 1 is 1.00 bits per heavy atom. The molecular formula is C21H20N4O. The molecule has 0 radical (unpaired) electrons. The molecule has 1 N–H and O–H groups in total. The Balaban J connectivity index is 1.45. The first-order valence-electron chi connectivity index (χ1n) is 8.75. The number of aromatic nitrogens is 2. The van der Waals surface area contributed by atoms with E-state index in [1.165, 1.54) is 11.1 Å². The Morgan fingerprint density at radius 2 is 1.85 bits per heavy atom. The number of anilines is 1. The molecular weight excluding hydrogens is 324 g/mol. The number of carbonyl (C=O) groups is 1. The van der Waals surface area contributed by atoms with Gasteiger partial charge in [0.2, 0.25) is 0 Å². The molecule has 130 valence electrons. The highest BCUT2D eigenvalue weighted by molar-refractivity contribution is 5.93. The Kier molecular flexibility index (Phi) is 4.60. The topological polar surface area (TPSA) is 58.1 Å². The number of amides is 1. The van der Waals surface area contributed by atoms with Crippen LogP contribution in [0.1, 0.15) is 27.3 Å². The van der Waals surface area contributed by atoms with Gasteiger partial charge in [0.15, 0.2) is 0 Å². The molecule has 1 aliphatic heterocycles. The van der Waals surface area contributed by atoms with Gasteiger partial charge in [-0.1, -0.05) is 30.3 Å². The number of carbonyl (C=O) groups excluding carboxylic acids is 1. The fourth-order valence-electron chi connectivity index (χ4n) is 3.18. The van der Waals surface area contributed by atoms with E-state index in [1.807, 2.05) is 41.3 Å². The maximum atomic E-state index is 12.9. The normalized spacial score (nSPS) is 13.2. The standard InChI is InChI=1S/C21H20N4O/c26-21(25-12-9-16-5-1-2-6-17(16)15-25)20-13-18(8-11-23-20)24-14-19-7-3-4-10-22-19/h1-8,10-11,13H,9,12,14-15H2,(H,23,24). The van der Waals surface area contributed by atoms with Crippen molar-refractivity contribution in [2.75, 3.05) is 11.9 Å². The van der Waals surface area contributed by atoms with E-state index in [4.69, 9.17) is 0 Å². The van der Waals surface area contributed by atoms with Crippen LogP contribution < -0.4 is 5.32 Å². The summed E-state index contributed by atoms with van der Waals surface area (Å²) in [5.74, 6) is -0.0269. The van der Waals surface area contributed by atoms with Crippen LogP contribution in [0, 0.1) is 0 Å². The highest BCUT2D eigenvalue weighted by Gasteiger charge is 2.22. The fraction of sp³-hybridized carbons (Fsp3) is 0.190. The summed E-state index contributed by atoms with van der Waals surface area (Å²) in [7, 11) is 0. The SMILES string of the molecule is O=C(c1cc(NCc2ccccn2)ccn1)N1CCc2ccccc2C1. The highest BCUT2D eigenvalue weighted by Crippen LogP contribution is 2.20. The molecule has 1 aliphatic rings. The van der Waals surface area contributed by atoms with Crippen molar-refractivity contribution in [3.63, 3.8) is 0 Å². The van der Waals surface area contributed by atoms with Gasteiger partial charge in [-0.15, -0.1) is 0 Å². The van der Waals surface area contributed by atoms with Crippen molar-refractivity contribution in [2.24, 2.45) is 0 Å². The van der Waals surface area contributed by atoms with Gasteiger partial charge in [0.25, 0.3) is 5.91 Å². The van der Waals surface area contributed by atoms with Gasteiger partial charge in [-0.05, 0) is 41.8 Å². The van der Waals surface area contributed by atoms with Gasteiger partial charge in [-0.25, -0.2) is 0 Å². The van der Waals surface area contributed by atoms with Crippen LogP contribution in [0.4, 0.5) is 5.69 Å². The summed E-state index contributed by atoms with van der Waals surface area (Å²) < 4.78 is 0. The second kappa shape index (κ2) is 7.35. The third-order valence-corrected chi connectivity index (χ3v) is 4.60. The van der Waals surface area contributed by atoms with E-state index in [9.17, 15) is 4.79 Å². The van der Waals surface area contributed by atoms with Crippen LogP contribution in [0.5, 0.6) is 0 Å². The maximum Gasteiger partial charge on any atom is 0.272 e. The molecule has 0 saturated heterocycles. The summed E-state index contributed by atoms with van der Waals surface area (Å²) in [5.41, 5.74) is 4.83. The second-order valence-electron chi connectivity index (χ2n) is 6.35. The van der Waals surface area contributed by atoms with Gasteiger partial charge in [0.05, 0.1) is 12.2 Å². The van der Waals surface area contributed by atoms with Crippen molar-refractivity contribution in [3.8, 4) is 0 Å². The van der Waals surface area contributed by atoms with Crippen LogP contribution in [-0.2, 0) is 19.5 Å². The monoisotopic (exact) mass is 344 g/mol. The third kappa shape index (κ3) is 3.57. The maximum absolute atomic E-state index is 12.9. The lowest BCUT2D eigenvalue weighted by Gasteiger charge is -2.28. The molecule has 5 heteroatoms. The van der Waals surface area contributed by atoms with E-state index in [0.29, 0.717) is 18.8 Å². The first-order valence-corrected chi connectivity index (χ1v) is 8.75. The molecule has 2 aromatic heterocycles. The van der Waals surface area contributed by atoms with Gasteiger partial charge >= 0.3 is 0 Å². The Hall–Kier alpha value is -3.21. The smallest absolute Gasteiger partial charge is 0.272 e. The lowest BCUT2D eigenvalue weighted by molar-refractivity contribution is 0.0729. The van der Waals surface area contributed by atoms with Crippen molar-refractivity contribution in [1.82, 2.24) is 14.9 Å². The van der Waals surface area contributed by atoms with E-state index in [2.05, 4.69) is 33.5 Å². The van der Waals surface area contributed by atoms with E-state index >= 15 is 0 Å². The van der Waals surface area contributed by atoms with Gasteiger partial charge in [-0.3, -0.25) is 14.8 Å². The second-order valence-corrected chi connectivity index (χ2v) is 6.35. The Bertz CT molecular complexity index is 911. The van der Waals surface area contributed by atoms with Crippen molar-refractivity contribution in [3.05, 3.63) is 89.5 Å². The van der Waals surface area contributed by atoms with Crippen LogP contribution in [-0.4, -0.2) is 27.3 Å². The van der Waals surface area contributed by atoms with Crippen molar-refractivity contribution >= 4 is 11.6 Å². The van der Waals surface area contributed by atoms with E-state index in [-0.39, 0.29) is 5.91 Å². The Morgan fingerprint density at radius 3 is 2.69 bits per heavy atom. The van der Waals surface area contributed by atoms with Gasteiger partial charge in [-0.2, -0.15) is 0 Å². The minimum atomic E-state index is -0.0269. The third-order valence-electron chi connectivity index (χ3n) is 4.60. The number of fused-ring (bicyclic) bond motifs is 1. The lowest BCUT2D eigenvalue weighted by atomic mass is 10.00. The van der Waals surface area contributed by atoms with E-state index in [1.54, 1.807) is 12.4 Å². The highest BCUT2D eigenvalue weighted by atomic mass is 16.2. The predicted molar refractivity (Wildman–Crippen MR) is 101 cm³/mol. The number of nitrogens with one attached hydrogen (secondary N) is 1. The molecule has 3 heterocycles. The van der Waals surface area contributed by atoms with Gasteiger partial charge < -0.3 is 10.2 Å². The summed E-state index contributed by atoms with van der Waals surface area (Å²) in [4.78, 5) is 23.3. The molecule has 0 fully saturated rings. The van der Waals surface area contributed by atoms with Crippen LogP contribution >= 0.6 is 0 Å². The van der Waals surface area contributed by atoms with Crippen molar-refractivity contribution in [2.45, 2.75) is 19.5 Å². The summed E-state index contributed by atoms with van der Waals surface area (Å²) in [6, 6.07) is 17.8. The summed E-state index contributed by atoms with van der Waals surface area (Å²) in [6.45, 7) is 1.97. The van der Waals surface area contributed by atoms with Gasteiger partial charge in [0, 0.05) is 31.2 Å². The average Bonchev–Trinajstić information content (AvgIpc) is 2.72. The summed E-state index contributed by atoms with van der Waals surface area (Å²) >= 11 is 0. The van der Waals surface area contributed by atoms with Gasteiger partial charge in [0.1, 0.15) is 5.69 Å². The molecule has 0 aliphatic carbocycles. The Labute approximate surface area is 152 Å². The first-order chi connectivity index (χ1) is 12.8. The molecule has 0 bridgehead atoms. The number of rotatable bonds is 4. The number of hydrogen-bond donors (Lipinski definition) is 1. The zero-order chi connectivity index (χ0) is 17.8. The summed E-state index contributed by atoms with van der Waals surface area (Å²) in [6.07, 6.45) is 4.33. The van der Waals surface area contributed by atoms with Crippen molar-refractivity contribution in [1.29, 1.82) is 0 Å². The number of hydrogen-bond acceptors (Lipinski definition) is 4. The number of pyridine rings is 2. The quantitative estimate of drug-likeness (QED) is 0.789. The molecule has 0 unspecified atom stereocenters. The molecule has 0 saturated carbocycles. The minimum Gasteiger partial charge on any atom is -0.379 e. The van der Waals surface area contributed by atoms with Crippen molar-refractivity contribution < 1.29 is 4.79 Å². The molecule has 3 aromatic rings. The minimum absolute atomic E-state index is 0.0269. The molecule has 4 rings (SSSR count). The largest absolute Gasteiger partial charge is 0.379 e.